The van der Waals surface area contributed by atoms with E-state index in [1.165, 1.54) is 0 Å². The lowest BCUT2D eigenvalue weighted by Gasteiger charge is -2.19. The van der Waals surface area contributed by atoms with Gasteiger partial charge in [0.15, 0.2) is 0 Å². The highest BCUT2D eigenvalue weighted by molar-refractivity contribution is 4.54. The molecule has 0 radical (unpaired) electrons. The van der Waals surface area contributed by atoms with Crippen molar-refractivity contribution in [2.24, 2.45) is 5.29 Å². The second kappa shape index (κ2) is 2.61. The van der Waals surface area contributed by atoms with Gasteiger partial charge in [0.1, 0.15) is 0 Å². The van der Waals surface area contributed by atoms with Crippen molar-refractivity contribution in [1.82, 2.24) is 5.01 Å². The van der Waals surface area contributed by atoms with E-state index in [1.807, 2.05) is 5.29 Å². The zero-order valence-electron chi connectivity index (χ0n) is 11.7. The maximum absolute atomic E-state index is 10.4. The van der Waals surface area contributed by atoms with Crippen molar-refractivity contribution in [2.45, 2.75) is 0 Å². The number of hydrogen-bond donors (Lipinski definition) is 0. The standard InChI is InChI=1S/C4H8N2O2/c7-5-6-1-3-8-4-2-6/h1-4H2/i1D2,2D2,3D2,4D2. The molecule has 8 heavy (non-hydrogen) atoms. The Kier molecular flexibility index (Phi) is 0.412. The van der Waals surface area contributed by atoms with Crippen molar-refractivity contribution in [3.63, 3.8) is 0 Å². The molecule has 46 valence electrons. The minimum absolute atomic E-state index is 0.441. The molecule has 0 bridgehead atoms. The topological polar surface area (TPSA) is 41.9 Å². The van der Waals surface area contributed by atoms with Crippen LogP contribution in [0.15, 0.2) is 5.29 Å². The molecule has 0 amide bonds. The molecule has 0 N–H and O–H groups in total. The largest absolute Gasteiger partial charge is 0.378 e. The SMILES string of the molecule is [2H]C1([2H])OC([2H])([2H])C([2H])([2H])N(N=O)C1([2H])[2H]. The number of nitroso groups, excluding NO2 is 1. The van der Waals surface area contributed by atoms with Gasteiger partial charge in [-0.25, -0.2) is 0 Å². The van der Waals surface area contributed by atoms with Crippen LogP contribution in [0.3, 0.4) is 0 Å². The first kappa shape index (κ1) is 1.26. The predicted molar refractivity (Wildman–Crippen MR) is 28.2 cm³/mol. The molecule has 1 aliphatic rings. The van der Waals surface area contributed by atoms with Gasteiger partial charge in [-0.1, -0.05) is 0 Å². The molecule has 0 aliphatic carbocycles. The molecular weight excluding hydrogens is 108 g/mol. The Morgan fingerprint density at radius 1 is 1.62 bits per heavy atom. The van der Waals surface area contributed by atoms with Crippen molar-refractivity contribution in [1.29, 1.82) is 0 Å². The zero-order valence-corrected chi connectivity index (χ0v) is 3.71. The van der Waals surface area contributed by atoms with Crippen LogP contribution in [-0.2, 0) is 4.74 Å². The minimum atomic E-state index is -3.22. The van der Waals surface area contributed by atoms with E-state index in [9.17, 15) is 4.91 Å². The summed E-state index contributed by atoms with van der Waals surface area (Å²) in [5.74, 6) is 0. The molecule has 0 atom stereocenters. The number of ether oxygens (including phenoxy) is 1. The lowest BCUT2D eigenvalue weighted by molar-refractivity contribution is 0.0383. The van der Waals surface area contributed by atoms with Crippen LogP contribution in [0.1, 0.15) is 11.0 Å². The Labute approximate surface area is 58.6 Å². The van der Waals surface area contributed by atoms with E-state index >= 15 is 0 Å². The summed E-state index contributed by atoms with van der Waals surface area (Å²) in [5.41, 5.74) is 0. The fourth-order valence-electron chi connectivity index (χ4n) is 0.226. The number of hydrogen-bond acceptors (Lipinski definition) is 3. The molecule has 1 rings (SSSR count). The average molecular weight is 124 g/mol. The molecule has 4 heteroatoms. The maximum atomic E-state index is 10.4. The summed E-state index contributed by atoms with van der Waals surface area (Å²) in [6.45, 7) is -12.9. The van der Waals surface area contributed by atoms with Crippen molar-refractivity contribution in [2.75, 3.05) is 26.1 Å². The molecule has 0 saturated carbocycles. The van der Waals surface area contributed by atoms with E-state index in [4.69, 9.17) is 11.0 Å². The Morgan fingerprint density at radius 3 is 2.75 bits per heavy atom. The molecule has 0 aromatic rings. The summed E-state index contributed by atoms with van der Waals surface area (Å²) in [5, 5.41) is 1.58. The molecule has 4 nitrogen and oxygen atoms in total. The monoisotopic (exact) mass is 124 g/mol. The Hall–Kier alpha value is -0.640. The number of morpholine rings is 1. The second-order valence-corrected chi connectivity index (χ2v) is 0.923. The number of nitrogens with zero attached hydrogens (tertiary/aromatic N) is 2. The van der Waals surface area contributed by atoms with Gasteiger partial charge < -0.3 is 4.74 Å². The van der Waals surface area contributed by atoms with Gasteiger partial charge in [-0.3, -0.25) is 5.01 Å². The zero-order chi connectivity index (χ0) is 13.0. The second-order valence-electron chi connectivity index (χ2n) is 0.923. The average Bonchev–Trinajstić information content (AvgIpc) is 1.99. The van der Waals surface area contributed by atoms with E-state index < -0.39 is 31.1 Å². The molecule has 0 spiro atoms. The summed E-state index contributed by atoms with van der Waals surface area (Å²) in [6.07, 6.45) is 0. The first-order valence-electron chi connectivity index (χ1n) is 5.74. The highest BCUT2D eigenvalue weighted by atomic mass is 16.5. The highest BCUT2D eigenvalue weighted by Gasteiger charge is 2.06. The Morgan fingerprint density at radius 2 is 2.25 bits per heavy atom. The summed E-state index contributed by atoms with van der Waals surface area (Å²) < 4.78 is 61.4. The summed E-state index contributed by atoms with van der Waals surface area (Å²) >= 11 is 0. The van der Waals surface area contributed by atoms with Gasteiger partial charge in [-0.2, -0.15) is 0 Å². The molecule has 0 aromatic heterocycles. The normalized spacial score (nSPS) is 60.8. The Balaban J connectivity index is 3.35. The van der Waals surface area contributed by atoms with Crippen LogP contribution in [-0.4, -0.2) is 31.1 Å². The van der Waals surface area contributed by atoms with Crippen LogP contribution in [0.4, 0.5) is 0 Å². The van der Waals surface area contributed by atoms with Crippen LogP contribution in [0.2, 0.25) is 0 Å². The third kappa shape index (κ3) is 1.16. The van der Waals surface area contributed by atoms with Gasteiger partial charge in [0, 0.05) is 0 Å². The number of rotatable bonds is 1. The molecule has 1 saturated heterocycles. The smallest absolute Gasteiger partial charge is 0.0660 e. The molecule has 0 unspecified atom stereocenters. The van der Waals surface area contributed by atoms with Crippen LogP contribution in [0.25, 0.3) is 0 Å². The molecule has 1 heterocycles. The van der Waals surface area contributed by atoms with Crippen molar-refractivity contribution < 1.29 is 15.7 Å². The van der Waals surface area contributed by atoms with Crippen molar-refractivity contribution in [3.8, 4) is 0 Å². The van der Waals surface area contributed by atoms with Gasteiger partial charge in [-0.05, 0) is 0 Å². The van der Waals surface area contributed by atoms with Gasteiger partial charge in [0.2, 0.25) is 0 Å². The van der Waals surface area contributed by atoms with E-state index in [1.54, 1.807) is 0 Å². The van der Waals surface area contributed by atoms with Crippen LogP contribution in [0.5, 0.6) is 0 Å². The highest BCUT2D eigenvalue weighted by Crippen LogP contribution is 1.94. The first-order chi connectivity index (χ1) is 6.90. The summed E-state index contributed by atoms with van der Waals surface area (Å²) in [4.78, 5) is 10.4. The summed E-state index contributed by atoms with van der Waals surface area (Å²) in [6, 6.07) is 0. The minimum Gasteiger partial charge on any atom is -0.378 e. The Bertz CT molecular complexity index is 291. The van der Waals surface area contributed by atoms with E-state index in [-0.39, 0.29) is 0 Å². The molecular formula is C4H8N2O2. The van der Waals surface area contributed by atoms with E-state index in [2.05, 4.69) is 4.74 Å². The fourth-order valence-corrected chi connectivity index (χ4v) is 0.226. The molecule has 1 fully saturated rings. The maximum Gasteiger partial charge on any atom is 0.0660 e. The lowest BCUT2D eigenvalue weighted by Crippen LogP contribution is -2.31. The van der Waals surface area contributed by atoms with Crippen molar-refractivity contribution in [3.05, 3.63) is 4.91 Å². The fraction of sp³-hybridized carbons (Fsp3) is 1.00. The van der Waals surface area contributed by atoms with Crippen LogP contribution >= 0.6 is 0 Å². The van der Waals surface area contributed by atoms with Crippen LogP contribution in [0, 0.1) is 4.91 Å². The van der Waals surface area contributed by atoms with Crippen LogP contribution < -0.4 is 0 Å². The van der Waals surface area contributed by atoms with Crippen molar-refractivity contribution >= 4 is 0 Å². The summed E-state index contributed by atoms with van der Waals surface area (Å²) in [7, 11) is 0. The lowest BCUT2D eigenvalue weighted by atomic mass is 10.5. The third-order valence-electron chi connectivity index (χ3n) is 0.487. The third-order valence-corrected chi connectivity index (χ3v) is 0.487. The molecule has 1 aliphatic heterocycles. The van der Waals surface area contributed by atoms with Gasteiger partial charge in [0.25, 0.3) is 0 Å². The van der Waals surface area contributed by atoms with Gasteiger partial charge >= 0.3 is 0 Å². The van der Waals surface area contributed by atoms with Gasteiger partial charge in [-0.15, -0.1) is 4.91 Å². The van der Waals surface area contributed by atoms with E-state index in [0.717, 1.165) is 0 Å². The quantitative estimate of drug-likeness (QED) is 0.462. The van der Waals surface area contributed by atoms with E-state index in [0.29, 0.717) is 0 Å². The first-order valence-corrected chi connectivity index (χ1v) is 1.74. The predicted octanol–water partition coefficient (Wildman–Crippen LogP) is 0.0000000000000000833. The van der Waals surface area contributed by atoms with Gasteiger partial charge in [0.05, 0.1) is 42.4 Å². The molecule has 0 aromatic carbocycles.